The molecule has 0 spiro atoms. The van der Waals surface area contributed by atoms with E-state index in [1.54, 1.807) is 18.0 Å². The van der Waals surface area contributed by atoms with E-state index in [0.717, 1.165) is 36.0 Å². The largest absolute Gasteiger partial charge is 0.385 e. The van der Waals surface area contributed by atoms with E-state index in [-0.39, 0.29) is 42.2 Å². The predicted molar refractivity (Wildman–Crippen MR) is 147 cm³/mol. The first-order chi connectivity index (χ1) is 18.1. The molecule has 3 unspecified atom stereocenters. The molecule has 1 aliphatic heterocycles. The van der Waals surface area contributed by atoms with Crippen molar-refractivity contribution in [3.8, 4) is 6.07 Å². The Hall–Kier alpha value is -3.58. The van der Waals surface area contributed by atoms with Gasteiger partial charge in [0, 0.05) is 25.2 Å². The second-order valence-electron chi connectivity index (χ2n) is 10.7. The number of rotatable bonds is 9. The number of carbonyl (C=O) groups is 2. The second-order valence-corrected chi connectivity index (χ2v) is 10.7. The fourth-order valence-electron chi connectivity index (χ4n) is 5.81. The van der Waals surface area contributed by atoms with E-state index >= 15 is 0 Å². The topological polar surface area (TPSA) is 160 Å². The van der Waals surface area contributed by atoms with Crippen LogP contribution in [0.2, 0.25) is 0 Å². The van der Waals surface area contributed by atoms with Crippen LogP contribution in [0.1, 0.15) is 74.9 Å². The number of nitrogens with two attached hydrogens (primary N) is 1. The number of hydrogen-bond donors (Lipinski definition) is 4. The average molecular weight is 521 g/mol. The molecule has 0 saturated carbocycles. The van der Waals surface area contributed by atoms with Crippen molar-refractivity contribution in [2.45, 2.75) is 77.3 Å². The predicted octanol–water partition coefficient (Wildman–Crippen LogP) is 3.39. The molecule has 1 heterocycles. The summed E-state index contributed by atoms with van der Waals surface area (Å²) in [6.45, 7) is 9.02. The van der Waals surface area contributed by atoms with Crippen molar-refractivity contribution < 1.29 is 9.59 Å². The van der Waals surface area contributed by atoms with Crippen LogP contribution in [0.15, 0.2) is 39.7 Å². The van der Waals surface area contributed by atoms with Crippen LogP contribution in [0.4, 0.5) is 0 Å². The number of aryl methyl sites for hydroxylation is 1. The number of carbonyl (C=O) groups excluding carboxylic acids is 2. The van der Waals surface area contributed by atoms with Gasteiger partial charge in [-0.2, -0.15) is 10.8 Å². The molecule has 1 aromatic carbocycles. The Kier molecular flexibility index (Phi) is 9.39. The second kappa shape index (κ2) is 12.3. The molecule has 1 saturated heterocycles. The van der Waals surface area contributed by atoms with Gasteiger partial charge >= 0.3 is 0 Å². The van der Waals surface area contributed by atoms with Crippen molar-refractivity contribution in [1.29, 1.82) is 10.8 Å². The molecule has 1 aliphatic carbocycles. The molecular weight excluding hydrogens is 480 g/mol. The zero-order valence-corrected chi connectivity index (χ0v) is 23.1. The highest BCUT2D eigenvalue weighted by Gasteiger charge is 2.45. The van der Waals surface area contributed by atoms with Gasteiger partial charge in [0.05, 0.1) is 18.0 Å². The fourth-order valence-corrected chi connectivity index (χ4v) is 5.81. The van der Waals surface area contributed by atoms with Crippen LogP contribution >= 0.6 is 0 Å². The molecule has 0 radical (unpaired) electrons. The van der Waals surface area contributed by atoms with Crippen LogP contribution in [0.25, 0.3) is 0 Å². The first kappa shape index (κ1) is 29.0. The SMILES string of the molecule is CNC(=O)c1ccc2c(c1)CCC(C)=C(C)C2(CC(NCC(=O)N1CCCC1C#N)C(C)C)C(N)=NN=N. The first-order valence-corrected chi connectivity index (χ1v) is 13.3. The third kappa shape index (κ3) is 5.63. The maximum Gasteiger partial charge on any atom is 0.251 e. The van der Waals surface area contributed by atoms with Crippen molar-refractivity contribution in [3.05, 3.63) is 46.0 Å². The highest BCUT2D eigenvalue weighted by Crippen LogP contribution is 2.45. The van der Waals surface area contributed by atoms with Gasteiger partial charge in [0.1, 0.15) is 11.9 Å². The summed E-state index contributed by atoms with van der Waals surface area (Å²) < 4.78 is 0. The molecule has 10 nitrogen and oxygen atoms in total. The Morgan fingerprint density at radius 3 is 2.68 bits per heavy atom. The smallest absolute Gasteiger partial charge is 0.251 e. The van der Waals surface area contributed by atoms with Gasteiger partial charge in [-0.25, -0.2) is 0 Å². The van der Waals surface area contributed by atoms with Gasteiger partial charge in [-0.05, 0) is 75.1 Å². The number of allylic oxidation sites excluding steroid dienone is 1. The van der Waals surface area contributed by atoms with E-state index < -0.39 is 5.41 Å². The Balaban J connectivity index is 2.07. The highest BCUT2D eigenvalue weighted by atomic mass is 16.2. The Labute approximate surface area is 225 Å². The van der Waals surface area contributed by atoms with Crippen molar-refractivity contribution in [2.75, 3.05) is 20.1 Å². The molecule has 10 heteroatoms. The molecule has 204 valence electrons. The zero-order chi connectivity index (χ0) is 28.0. The lowest BCUT2D eigenvalue weighted by Gasteiger charge is -2.40. The zero-order valence-electron chi connectivity index (χ0n) is 23.1. The number of nitriles is 1. The quantitative estimate of drug-likeness (QED) is 0.129. The molecular formula is C28H40N8O2. The van der Waals surface area contributed by atoms with E-state index in [9.17, 15) is 14.9 Å². The van der Waals surface area contributed by atoms with Gasteiger partial charge in [0.25, 0.3) is 5.91 Å². The maximum atomic E-state index is 13.0. The molecule has 1 fully saturated rings. The van der Waals surface area contributed by atoms with E-state index in [4.69, 9.17) is 11.3 Å². The molecule has 5 N–H and O–H groups in total. The standard InChI is InChI=1S/C28H40N8O2/c1-17(2)24(33-16-25(37)36-12-6-7-22(36)15-29)14-28(27(30)34-35-31)19(4)18(3)8-9-20-13-21(26(38)32-5)10-11-23(20)28/h10-11,13,17,22,24,33H,6-9,12,14,16H2,1-5H3,(H,32,38)(H3,30,31,34). The molecule has 0 bridgehead atoms. The molecule has 38 heavy (non-hydrogen) atoms. The summed E-state index contributed by atoms with van der Waals surface area (Å²) in [6, 6.07) is 7.37. The summed E-state index contributed by atoms with van der Waals surface area (Å²) in [5.41, 5.74) is 17.9. The number of hydrogen-bond acceptors (Lipinski definition) is 6. The number of fused-ring (bicyclic) bond motifs is 1. The summed E-state index contributed by atoms with van der Waals surface area (Å²) >= 11 is 0. The Morgan fingerprint density at radius 1 is 1.32 bits per heavy atom. The molecule has 3 atom stereocenters. The van der Waals surface area contributed by atoms with Gasteiger partial charge in [-0.3, -0.25) is 9.59 Å². The highest BCUT2D eigenvalue weighted by molar-refractivity contribution is 5.97. The lowest BCUT2D eigenvalue weighted by molar-refractivity contribution is -0.130. The minimum Gasteiger partial charge on any atom is -0.385 e. The van der Waals surface area contributed by atoms with Crippen LogP contribution in [-0.2, 0) is 16.6 Å². The molecule has 2 aliphatic rings. The minimum atomic E-state index is -0.879. The van der Waals surface area contributed by atoms with Crippen molar-refractivity contribution in [3.63, 3.8) is 0 Å². The summed E-state index contributed by atoms with van der Waals surface area (Å²) in [6.07, 6.45) is 3.56. The third-order valence-corrected chi connectivity index (χ3v) is 8.27. The number of nitrogens with zero attached hydrogens (tertiary/aromatic N) is 4. The fraction of sp³-hybridized carbons (Fsp3) is 0.571. The summed E-state index contributed by atoms with van der Waals surface area (Å²) in [7, 11) is 1.61. The summed E-state index contributed by atoms with van der Waals surface area (Å²) in [4.78, 5) is 27.1. The Bertz CT molecular complexity index is 1180. The average Bonchev–Trinajstić information content (AvgIpc) is 3.36. The number of nitrogens with one attached hydrogen (secondary N) is 3. The van der Waals surface area contributed by atoms with Crippen LogP contribution in [0, 0.1) is 22.8 Å². The summed E-state index contributed by atoms with van der Waals surface area (Å²) in [5, 5.41) is 22.9. The molecule has 2 amide bonds. The van der Waals surface area contributed by atoms with Gasteiger partial charge in [-0.1, -0.05) is 36.3 Å². The first-order valence-electron chi connectivity index (χ1n) is 13.3. The molecule has 3 rings (SSSR count). The van der Waals surface area contributed by atoms with Gasteiger partial charge in [0.2, 0.25) is 5.91 Å². The van der Waals surface area contributed by atoms with E-state index in [0.29, 0.717) is 24.9 Å². The molecule has 1 aromatic rings. The lowest BCUT2D eigenvalue weighted by atomic mass is 9.66. The third-order valence-electron chi connectivity index (χ3n) is 8.27. The van der Waals surface area contributed by atoms with Crippen LogP contribution < -0.4 is 16.4 Å². The van der Waals surface area contributed by atoms with Gasteiger partial charge < -0.3 is 21.3 Å². The van der Waals surface area contributed by atoms with Crippen molar-refractivity contribution >= 4 is 17.6 Å². The van der Waals surface area contributed by atoms with E-state index in [2.05, 4.69) is 47.8 Å². The number of benzene rings is 1. The van der Waals surface area contributed by atoms with Gasteiger partial charge in [-0.15, -0.1) is 5.10 Å². The van der Waals surface area contributed by atoms with Crippen molar-refractivity contribution in [2.24, 2.45) is 22.0 Å². The lowest BCUT2D eigenvalue weighted by Crippen LogP contribution is -2.51. The normalized spacial score (nSPS) is 22.5. The van der Waals surface area contributed by atoms with Crippen LogP contribution in [0.3, 0.4) is 0 Å². The minimum absolute atomic E-state index is 0.0866. The number of amides is 2. The number of amidine groups is 1. The van der Waals surface area contributed by atoms with Crippen molar-refractivity contribution in [1.82, 2.24) is 15.5 Å². The number of likely N-dealkylation sites (tertiary alicyclic amines) is 1. The summed E-state index contributed by atoms with van der Waals surface area (Å²) in [5.74, 6) is 0.0971. The Morgan fingerprint density at radius 2 is 2.05 bits per heavy atom. The van der Waals surface area contributed by atoms with Gasteiger partial charge in [0.15, 0.2) is 0 Å². The van der Waals surface area contributed by atoms with Crippen LogP contribution in [-0.4, -0.2) is 54.8 Å². The van der Waals surface area contributed by atoms with E-state index in [1.165, 1.54) is 5.57 Å². The monoisotopic (exact) mass is 520 g/mol. The van der Waals surface area contributed by atoms with Crippen LogP contribution in [0.5, 0.6) is 0 Å². The maximum absolute atomic E-state index is 13.0. The van der Waals surface area contributed by atoms with E-state index in [1.807, 2.05) is 19.1 Å². The molecule has 0 aromatic heterocycles.